The molecule has 5 rings (SSSR count). The third kappa shape index (κ3) is 4.57. The Hall–Kier alpha value is -4.49. The molecular weight excluding hydrogens is 446 g/mol. The van der Waals surface area contributed by atoms with Crippen molar-refractivity contribution in [3.8, 4) is 33.4 Å². The third-order valence-corrected chi connectivity index (χ3v) is 7.08. The van der Waals surface area contributed by atoms with E-state index in [9.17, 15) is 0 Å². The molecule has 1 aliphatic rings. The van der Waals surface area contributed by atoms with E-state index in [4.69, 9.17) is 0 Å². The second kappa shape index (κ2) is 10.6. The van der Waals surface area contributed by atoms with Gasteiger partial charge in [0.1, 0.15) is 0 Å². The average Bonchev–Trinajstić information content (AvgIpc) is 2.96. The molecule has 1 heterocycles. The molecule has 0 bridgehead atoms. The van der Waals surface area contributed by atoms with Gasteiger partial charge in [0.2, 0.25) is 0 Å². The van der Waals surface area contributed by atoms with Gasteiger partial charge in [-0.05, 0) is 93.1 Å². The number of aromatic nitrogens is 1. The SMILES string of the molecule is C=Cc1cc(-c2ccc(-c3cccc(-c4cncc5c4C=CCC5)c3)cc2)c(/C=C\C)c(C=C)c1C=C. The zero-order valence-corrected chi connectivity index (χ0v) is 21.4. The smallest absolute Gasteiger partial charge is 0.0352 e. The Bertz CT molecular complexity index is 1560. The molecule has 0 radical (unpaired) electrons. The summed E-state index contributed by atoms with van der Waals surface area (Å²) in [7, 11) is 0. The molecule has 3 aromatic carbocycles. The Morgan fingerprint density at radius 1 is 0.730 bits per heavy atom. The van der Waals surface area contributed by atoms with E-state index in [0.717, 1.165) is 46.2 Å². The number of nitrogens with zero attached hydrogens (tertiary/aromatic N) is 1. The third-order valence-electron chi connectivity index (χ3n) is 7.08. The number of pyridine rings is 1. The Morgan fingerprint density at radius 2 is 1.49 bits per heavy atom. The second-order valence-electron chi connectivity index (χ2n) is 9.23. The van der Waals surface area contributed by atoms with Crippen molar-refractivity contribution in [3.05, 3.63) is 132 Å². The molecule has 180 valence electrons. The lowest BCUT2D eigenvalue weighted by molar-refractivity contribution is 0.972. The van der Waals surface area contributed by atoms with Crippen LogP contribution in [0, 0.1) is 0 Å². The van der Waals surface area contributed by atoms with Crippen molar-refractivity contribution in [3.63, 3.8) is 0 Å². The molecule has 0 atom stereocenters. The lowest BCUT2D eigenvalue weighted by atomic mass is 9.87. The zero-order valence-electron chi connectivity index (χ0n) is 21.4. The van der Waals surface area contributed by atoms with Crippen molar-refractivity contribution in [2.45, 2.75) is 19.8 Å². The largest absolute Gasteiger partial charge is 0.264 e. The number of allylic oxidation sites excluding steroid dienone is 2. The van der Waals surface area contributed by atoms with Crippen LogP contribution >= 0.6 is 0 Å². The van der Waals surface area contributed by atoms with Gasteiger partial charge >= 0.3 is 0 Å². The standard InChI is InChI=1S/C36H31N/c1-5-12-34-32(8-4)31(7-3)25(6-2)22-35(34)27-19-17-26(18-20-27)28-14-11-15-29(21-28)36-24-37-23-30-13-9-10-16-33(30)36/h5-8,10-12,14-24H,2-4,9,13H2,1H3/b12-5-. The van der Waals surface area contributed by atoms with Gasteiger partial charge in [0.15, 0.2) is 0 Å². The van der Waals surface area contributed by atoms with Crippen molar-refractivity contribution in [1.82, 2.24) is 4.98 Å². The van der Waals surface area contributed by atoms with Crippen molar-refractivity contribution in [2.24, 2.45) is 0 Å². The van der Waals surface area contributed by atoms with Crippen LogP contribution in [0.3, 0.4) is 0 Å². The van der Waals surface area contributed by atoms with Crippen LogP contribution in [0.1, 0.15) is 46.7 Å². The number of hydrogen-bond acceptors (Lipinski definition) is 1. The first-order chi connectivity index (χ1) is 18.2. The van der Waals surface area contributed by atoms with Gasteiger partial charge < -0.3 is 0 Å². The first-order valence-electron chi connectivity index (χ1n) is 12.7. The summed E-state index contributed by atoms with van der Waals surface area (Å²) in [6, 6.07) is 19.8. The molecule has 0 amide bonds. The van der Waals surface area contributed by atoms with E-state index in [1.165, 1.54) is 33.4 Å². The van der Waals surface area contributed by atoms with Gasteiger partial charge in [-0.2, -0.15) is 0 Å². The molecule has 1 aliphatic carbocycles. The van der Waals surface area contributed by atoms with E-state index in [1.807, 2.05) is 37.5 Å². The minimum atomic E-state index is 1.05. The van der Waals surface area contributed by atoms with Crippen LogP contribution in [-0.4, -0.2) is 4.98 Å². The summed E-state index contributed by atoms with van der Waals surface area (Å²) in [5.74, 6) is 0. The lowest BCUT2D eigenvalue weighted by Gasteiger charge is -2.17. The Balaban J connectivity index is 1.56. The highest BCUT2D eigenvalue weighted by atomic mass is 14.6. The number of benzene rings is 3. The number of fused-ring (bicyclic) bond motifs is 1. The summed E-state index contributed by atoms with van der Waals surface area (Å²) >= 11 is 0. The fourth-order valence-corrected chi connectivity index (χ4v) is 5.25. The highest BCUT2D eigenvalue weighted by Gasteiger charge is 2.14. The lowest BCUT2D eigenvalue weighted by Crippen LogP contribution is -1.98. The van der Waals surface area contributed by atoms with Gasteiger partial charge in [-0.3, -0.25) is 4.98 Å². The van der Waals surface area contributed by atoms with Crippen LogP contribution in [0.4, 0.5) is 0 Å². The van der Waals surface area contributed by atoms with Crippen molar-refractivity contribution in [2.75, 3.05) is 0 Å². The molecule has 0 fully saturated rings. The van der Waals surface area contributed by atoms with E-state index in [0.29, 0.717) is 0 Å². The summed E-state index contributed by atoms with van der Waals surface area (Å²) in [6.07, 6.45) is 20.5. The molecule has 1 aromatic heterocycles. The predicted octanol–water partition coefficient (Wildman–Crippen LogP) is 10.0. The second-order valence-corrected chi connectivity index (χ2v) is 9.23. The van der Waals surface area contributed by atoms with E-state index < -0.39 is 0 Å². The molecule has 1 nitrogen and oxygen atoms in total. The maximum absolute atomic E-state index is 4.53. The monoisotopic (exact) mass is 477 g/mol. The van der Waals surface area contributed by atoms with E-state index >= 15 is 0 Å². The van der Waals surface area contributed by atoms with Gasteiger partial charge in [-0.25, -0.2) is 0 Å². The average molecular weight is 478 g/mol. The van der Waals surface area contributed by atoms with E-state index in [1.54, 1.807) is 0 Å². The first kappa shape index (κ1) is 24.2. The molecule has 0 N–H and O–H groups in total. The normalized spacial score (nSPS) is 12.4. The van der Waals surface area contributed by atoms with Crippen LogP contribution < -0.4 is 0 Å². The van der Waals surface area contributed by atoms with Gasteiger partial charge in [0, 0.05) is 18.0 Å². The number of rotatable bonds is 7. The molecule has 0 saturated heterocycles. The molecule has 0 unspecified atom stereocenters. The minimum Gasteiger partial charge on any atom is -0.264 e. The minimum absolute atomic E-state index is 1.05. The maximum Gasteiger partial charge on any atom is 0.0352 e. The highest BCUT2D eigenvalue weighted by molar-refractivity contribution is 5.89. The highest BCUT2D eigenvalue weighted by Crippen LogP contribution is 2.36. The van der Waals surface area contributed by atoms with Gasteiger partial charge in [0.25, 0.3) is 0 Å². The molecule has 0 spiro atoms. The summed E-state index contributed by atoms with van der Waals surface area (Å²) in [5.41, 5.74) is 14.0. The van der Waals surface area contributed by atoms with Gasteiger partial charge in [0.05, 0.1) is 0 Å². The maximum atomic E-state index is 4.53. The zero-order chi connectivity index (χ0) is 25.8. The fraction of sp³-hybridized carbons (Fsp3) is 0.0833. The Labute approximate surface area is 220 Å². The van der Waals surface area contributed by atoms with Gasteiger partial charge in [-0.15, -0.1) is 0 Å². The van der Waals surface area contributed by atoms with Crippen LogP contribution in [-0.2, 0) is 6.42 Å². The quantitative estimate of drug-likeness (QED) is 0.258. The van der Waals surface area contributed by atoms with E-state index in [2.05, 4.69) is 104 Å². The van der Waals surface area contributed by atoms with Gasteiger partial charge in [-0.1, -0.05) is 105 Å². The first-order valence-corrected chi connectivity index (χ1v) is 12.7. The van der Waals surface area contributed by atoms with Crippen molar-refractivity contribution in [1.29, 1.82) is 0 Å². The molecule has 37 heavy (non-hydrogen) atoms. The van der Waals surface area contributed by atoms with Crippen molar-refractivity contribution >= 4 is 30.4 Å². The molecule has 4 aromatic rings. The molecule has 0 aliphatic heterocycles. The molecule has 1 heteroatoms. The number of aryl methyl sites for hydroxylation is 1. The Kier molecular flexibility index (Phi) is 6.96. The fourth-order valence-electron chi connectivity index (χ4n) is 5.25. The van der Waals surface area contributed by atoms with Crippen LogP contribution in [0.25, 0.3) is 63.8 Å². The summed E-state index contributed by atoms with van der Waals surface area (Å²) < 4.78 is 0. The molecule has 0 saturated carbocycles. The van der Waals surface area contributed by atoms with Crippen LogP contribution in [0.2, 0.25) is 0 Å². The van der Waals surface area contributed by atoms with Crippen LogP contribution in [0.5, 0.6) is 0 Å². The topological polar surface area (TPSA) is 12.9 Å². The van der Waals surface area contributed by atoms with E-state index in [-0.39, 0.29) is 0 Å². The van der Waals surface area contributed by atoms with Crippen LogP contribution in [0.15, 0.2) is 98.9 Å². The summed E-state index contributed by atoms with van der Waals surface area (Å²) in [5, 5.41) is 0. The predicted molar refractivity (Wildman–Crippen MR) is 163 cm³/mol. The van der Waals surface area contributed by atoms with Crippen molar-refractivity contribution < 1.29 is 0 Å². The molecular formula is C36H31N. The Morgan fingerprint density at radius 3 is 2.22 bits per heavy atom. The summed E-state index contributed by atoms with van der Waals surface area (Å²) in [6.45, 7) is 14.2. The summed E-state index contributed by atoms with van der Waals surface area (Å²) in [4.78, 5) is 4.53. The number of hydrogen-bond donors (Lipinski definition) is 0.